The van der Waals surface area contributed by atoms with Crippen LogP contribution in [0, 0.1) is 5.92 Å². The molecular weight excluding hydrogens is 154 g/mol. The van der Waals surface area contributed by atoms with Gasteiger partial charge in [-0.3, -0.25) is 0 Å². The first kappa shape index (κ1) is 11.0. The molecule has 0 aliphatic rings. The molecule has 1 N–H and O–H groups in total. The molecule has 70 valence electrons. The number of ether oxygens (including phenoxy) is 1. The van der Waals surface area contributed by atoms with Crippen molar-refractivity contribution < 1.29 is 9.53 Å². The Morgan fingerprint density at radius 3 is 2.75 bits per heavy atom. The van der Waals surface area contributed by atoms with E-state index in [-0.39, 0.29) is 6.09 Å². The molecule has 0 spiro atoms. The van der Waals surface area contributed by atoms with Crippen LogP contribution in [0.1, 0.15) is 20.8 Å². The highest BCUT2D eigenvalue weighted by Gasteiger charge is 2.00. The van der Waals surface area contributed by atoms with Crippen LogP contribution in [0.4, 0.5) is 4.79 Å². The van der Waals surface area contributed by atoms with Crippen molar-refractivity contribution in [3.05, 3.63) is 12.2 Å². The Morgan fingerprint density at radius 1 is 1.58 bits per heavy atom. The molecule has 0 aliphatic heterocycles. The van der Waals surface area contributed by atoms with Gasteiger partial charge in [0.15, 0.2) is 0 Å². The van der Waals surface area contributed by atoms with Crippen molar-refractivity contribution in [2.24, 2.45) is 5.92 Å². The Balaban J connectivity index is 3.34. The second-order valence-corrected chi connectivity index (χ2v) is 2.94. The summed E-state index contributed by atoms with van der Waals surface area (Å²) in [6, 6.07) is 0. The molecule has 1 amide bonds. The second-order valence-electron chi connectivity index (χ2n) is 2.94. The number of amides is 1. The minimum absolute atomic E-state index is 0.346. The first-order valence-electron chi connectivity index (χ1n) is 4.18. The summed E-state index contributed by atoms with van der Waals surface area (Å²) in [5.41, 5.74) is 0. The molecule has 0 heterocycles. The molecule has 0 bridgehead atoms. The number of carbonyl (C=O) groups excluding carboxylic acids is 1. The van der Waals surface area contributed by atoms with Crippen LogP contribution in [0.25, 0.3) is 0 Å². The fourth-order valence-corrected chi connectivity index (χ4v) is 0.553. The van der Waals surface area contributed by atoms with Crippen LogP contribution in [0.3, 0.4) is 0 Å². The monoisotopic (exact) mass is 171 g/mol. The SMILES string of the molecule is C/C=C\CNC(=O)OCC(C)C. The molecule has 0 aliphatic carbocycles. The molecule has 0 atom stereocenters. The maximum Gasteiger partial charge on any atom is 0.407 e. The van der Waals surface area contributed by atoms with Gasteiger partial charge in [0.25, 0.3) is 0 Å². The third-order valence-electron chi connectivity index (χ3n) is 1.15. The van der Waals surface area contributed by atoms with Gasteiger partial charge >= 0.3 is 6.09 Å². The fraction of sp³-hybridized carbons (Fsp3) is 0.667. The summed E-state index contributed by atoms with van der Waals surface area (Å²) in [6.45, 7) is 6.91. The van der Waals surface area contributed by atoms with Crippen molar-refractivity contribution in [2.45, 2.75) is 20.8 Å². The summed E-state index contributed by atoms with van der Waals surface area (Å²) in [4.78, 5) is 10.9. The van der Waals surface area contributed by atoms with E-state index in [9.17, 15) is 4.79 Å². The molecule has 0 saturated carbocycles. The predicted octanol–water partition coefficient (Wildman–Crippen LogP) is 1.94. The van der Waals surface area contributed by atoms with Crippen molar-refractivity contribution in [3.63, 3.8) is 0 Å². The molecule has 0 radical (unpaired) electrons. The number of nitrogens with one attached hydrogen (secondary N) is 1. The summed E-state index contributed by atoms with van der Waals surface area (Å²) < 4.78 is 4.87. The molecule has 0 unspecified atom stereocenters. The maximum atomic E-state index is 10.9. The van der Waals surface area contributed by atoms with Gasteiger partial charge in [-0.25, -0.2) is 4.79 Å². The van der Waals surface area contributed by atoms with E-state index in [4.69, 9.17) is 4.74 Å². The lowest BCUT2D eigenvalue weighted by Gasteiger charge is -2.06. The van der Waals surface area contributed by atoms with Crippen molar-refractivity contribution in [3.8, 4) is 0 Å². The first-order valence-corrected chi connectivity index (χ1v) is 4.18. The molecule has 0 saturated heterocycles. The summed E-state index contributed by atoms with van der Waals surface area (Å²) in [5, 5.41) is 2.59. The highest BCUT2D eigenvalue weighted by molar-refractivity contribution is 5.67. The third kappa shape index (κ3) is 7.12. The Morgan fingerprint density at radius 2 is 2.25 bits per heavy atom. The fourth-order valence-electron chi connectivity index (χ4n) is 0.553. The van der Waals surface area contributed by atoms with E-state index in [0.717, 1.165) is 0 Å². The van der Waals surface area contributed by atoms with Crippen molar-refractivity contribution in [1.82, 2.24) is 5.32 Å². The topological polar surface area (TPSA) is 38.3 Å². The van der Waals surface area contributed by atoms with Crippen LogP contribution in [0.15, 0.2) is 12.2 Å². The summed E-state index contributed by atoms with van der Waals surface area (Å²) in [5.74, 6) is 0.387. The van der Waals surface area contributed by atoms with Crippen molar-refractivity contribution in [2.75, 3.05) is 13.2 Å². The van der Waals surface area contributed by atoms with Gasteiger partial charge < -0.3 is 10.1 Å². The average Bonchev–Trinajstić information content (AvgIpc) is 2.01. The predicted molar refractivity (Wildman–Crippen MR) is 49.0 cm³/mol. The van der Waals surface area contributed by atoms with Gasteiger partial charge in [0.05, 0.1) is 6.61 Å². The van der Waals surface area contributed by atoms with Gasteiger partial charge in [-0.1, -0.05) is 26.0 Å². The van der Waals surface area contributed by atoms with E-state index in [1.54, 1.807) is 0 Å². The number of allylic oxidation sites excluding steroid dienone is 1. The molecule has 3 heteroatoms. The van der Waals surface area contributed by atoms with E-state index in [1.165, 1.54) is 0 Å². The molecular formula is C9H17NO2. The van der Waals surface area contributed by atoms with Crippen LogP contribution >= 0.6 is 0 Å². The molecule has 0 aromatic carbocycles. The quantitative estimate of drug-likeness (QED) is 0.656. The second kappa shape index (κ2) is 6.70. The molecule has 0 aromatic rings. The van der Waals surface area contributed by atoms with E-state index >= 15 is 0 Å². The Hall–Kier alpha value is -0.990. The largest absolute Gasteiger partial charge is 0.449 e. The maximum absolute atomic E-state index is 10.9. The van der Waals surface area contributed by atoms with Gasteiger partial charge in [-0.2, -0.15) is 0 Å². The average molecular weight is 171 g/mol. The molecule has 0 aromatic heterocycles. The lowest BCUT2D eigenvalue weighted by molar-refractivity contribution is 0.134. The molecule has 0 rings (SSSR count). The lowest BCUT2D eigenvalue weighted by Crippen LogP contribution is -2.25. The van der Waals surface area contributed by atoms with E-state index in [0.29, 0.717) is 19.1 Å². The van der Waals surface area contributed by atoms with Gasteiger partial charge in [-0.05, 0) is 12.8 Å². The van der Waals surface area contributed by atoms with Crippen LogP contribution in [-0.2, 0) is 4.74 Å². The number of rotatable bonds is 4. The highest BCUT2D eigenvalue weighted by Crippen LogP contribution is 1.91. The van der Waals surface area contributed by atoms with E-state index < -0.39 is 0 Å². The molecule has 0 fully saturated rings. The third-order valence-corrected chi connectivity index (χ3v) is 1.15. The van der Waals surface area contributed by atoms with E-state index in [2.05, 4.69) is 5.32 Å². The van der Waals surface area contributed by atoms with Gasteiger partial charge in [-0.15, -0.1) is 0 Å². The Kier molecular flexibility index (Phi) is 6.15. The lowest BCUT2D eigenvalue weighted by atomic mass is 10.2. The zero-order chi connectivity index (χ0) is 9.40. The van der Waals surface area contributed by atoms with Gasteiger partial charge in [0.2, 0.25) is 0 Å². The standard InChI is InChI=1S/C9H17NO2/c1-4-5-6-10-9(11)12-7-8(2)3/h4-5,8H,6-7H2,1-3H3,(H,10,11)/b5-4-. The van der Waals surface area contributed by atoms with E-state index in [1.807, 2.05) is 32.9 Å². The van der Waals surface area contributed by atoms with Gasteiger partial charge in [0, 0.05) is 6.54 Å². The summed E-state index contributed by atoms with van der Waals surface area (Å²) >= 11 is 0. The highest BCUT2D eigenvalue weighted by atomic mass is 16.5. The normalized spacial score (nSPS) is 10.7. The Bertz CT molecular complexity index is 153. The molecule has 3 nitrogen and oxygen atoms in total. The van der Waals surface area contributed by atoms with Crippen LogP contribution in [0.5, 0.6) is 0 Å². The molecule has 12 heavy (non-hydrogen) atoms. The van der Waals surface area contributed by atoms with Crippen molar-refractivity contribution in [1.29, 1.82) is 0 Å². The van der Waals surface area contributed by atoms with Crippen LogP contribution in [0.2, 0.25) is 0 Å². The Labute approximate surface area is 73.8 Å². The minimum atomic E-state index is -0.346. The summed E-state index contributed by atoms with van der Waals surface area (Å²) in [7, 11) is 0. The number of carbonyl (C=O) groups is 1. The number of hydrogen-bond acceptors (Lipinski definition) is 2. The van der Waals surface area contributed by atoms with Crippen LogP contribution in [-0.4, -0.2) is 19.2 Å². The minimum Gasteiger partial charge on any atom is -0.449 e. The number of alkyl carbamates (subject to hydrolysis) is 1. The smallest absolute Gasteiger partial charge is 0.407 e. The van der Waals surface area contributed by atoms with Crippen LogP contribution < -0.4 is 5.32 Å². The number of hydrogen-bond donors (Lipinski definition) is 1. The van der Waals surface area contributed by atoms with Crippen molar-refractivity contribution >= 4 is 6.09 Å². The van der Waals surface area contributed by atoms with Gasteiger partial charge in [0.1, 0.15) is 0 Å². The summed E-state index contributed by atoms with van der Waals surface area (Å²) in [6.07, 6.45) is 3.39. The first-order chi connectivity index (χ1) is 5.66. The zero-order valence-electron chi connectivity index (χ0n) is 7.96. The zero-order valence-corrected chi connectivity index (χ0v) is 7.96.